The number of pyridine rings is 1. The minimum atomic E-state index is -0.232. The van der Waals surface area contributed by atoms with E-state index in [-0.39, 0.29) is 11.1 Å². The van der Waals surface area contributed by atoms with Crippen molar-refractivity contribution in [2.75, 3.05) is 6.61 Å². The number of fused-ring (bicyclic) bond motifs is 1. The zero-order valence-corrected chi connectivity index (χ0v) is 14.4. The zero-order chi connectivity index (χ0) is 17.3. The monoisotopic (exact) mass is 327 g/mol. The summed E-state index contributed by atoms with van der Waals surface area (Å²) in [5, 5.41) is 4.83. The number of aromatic nitrogens is 5. The Labute approximate surface area is 139 Å². The Kier molecular flexibility index (Phi) is 4.09. The summed E-state index contributed by atoms with van der Waals surface area (Å²) in [6.07, 6.45) is 4.79. The van der Waals surface area contributed by atoms with Crippen LogP contribution >= 0.6 is 0 Å². The molecule has 0 saturated heterocycles. The minimum Gasteiger partial charge on any atom is -0.492 e. The van der Waals surface area contributed by atoms with Crippen LogP contribution in [0.4, 0.5) is 0 Å². The van der Waals surface area contributed by atoms with Crippen LogP contribution in [0.1, 0.15) is 33.4 Å². The molecule has 0 aliphatic carbocycles. The summed E-state index contributed by atoms with van der Waals surface area (Å²) in [5.74, 6) is 0.716. The molecular weight excluding hydrogens is 306 g/mol. The number of ether oxygens (including phenoxy) is 1. The Balaban J connectivity index is 1.93. The molecule has 0 aromatic carbocycles. The Morgan fingerprint density at radius 2 is 1.96 bits per heavy atom. The molecule has 3 aromatic rings. The van der Waals surface area contributed by atoms with Crippen molar-refractivity contribution in [1.82, 2.24) is 24.3 Å². The molecule has 7 nitrogen and oxygen atoms in total. The maximum absolute atomic E-state index is 12.7. The van der Waals surface area contributed by atoms with Gasteiger partial charge in [-0.15, -0.1) is 0 Å². The molecule has 0 spiro atoms. The van der Waals surface area contributed by atoms with Gasteiger partial charge in [0.2, 0.25) is 0 Å². The van der Waals surface area contributed by atoms with Crippen LogP contribution in [0.5, 0.6) is 5.75 Å². The molecule has 0 radical (unpaired) electrons. The minimum absolute atomic E-state index is 0.119. The van der Waals surface area contributed by atoms with Gasteiger partial charge in [0.25, 0.3) is 5.56 Å². The van der Waals surface area contributed by atoms with E-state index in [9.17, 15) is 4.79 Å². The van der Waals surface area contributed by atoms with Crippen LogP contribution in [0, 0.1) is 0 Å². The van der Waals surface area contributed by atoms with Gasteiger partial charge in [-0.05, 0) is 39.8 Å². The highest BCUT2D eigenvalue weighted by atomic mass is 16.5. The molecule has 7 heteroatoms. The molecule has 0 saturated carbocycles. The average Bonchev–Trinajstić information content (AvgIpc) is 2.97. The molecule has 3 rings (SSSR count). The number of nitrogens with zero attached hydrogens (tertiary/aromatic N) is 5. The SMILES string of the molecule is CCOc1ccc(Cn2cnc3c(cnn3C(C)(C)C)c2=O)nc1. The van der Waals surface area contributed by atoms with Gasteiger partial charge in [-0.25, -0.2) is 9.67 Å². The summed E-state index contributed by atoms with van der Waals surface area (Å²) in [7, 11) is 0. The van der Waals surface area contributed by atoms with Gasteiger partial charge in [0.15, 0.2) is 5.65 Å². The average molecular weight is 327 g/mol. The highest BCUT2D eigenvalue weighted by Crippen LogP contribution is 2.17. The van der Waals surface area contributed by atoms with Gasteiger partial charge in [0.05, 0.1) is 36.8 Å². The van der Waals surface area contributed by atoms with Crippen molar-refractivity contribution in [3.8, 4) is 5.75 Å². The third-order valence-electron chi connectivity index (χ3n) is 3.63. The van der Waals surface area contributed by atoms with E-state index in [0.717, 1.165) is 5.69 Å². The molecule has 0 aliphatic heterocycles. The Morgan fingerprint density at radius 1 is 1.17 bits per heavy atom. The van der Waals surface area contributed by atoms with Crippen molar-refractivity contribution in [1.29, 1.82) is 0 Å². The van der Waals surface area contributed by atoms with Crippen molar-refractivity contribution in [2.24, 2.45) is 0 Å². The van der Waals surface area contributed by atoms with E-state index in [1.54, 1.807) is 28.0 Å². The molecule has 3 heterocycles. The van der Waals surface area contributed by atoms with E-state index >= 15 is 0 Å². The maximum Gasteiger partial charge on any atom is 0.264 e. The van der Waals surface area contributed by atoms with E-state index in [0.29, 0.717) is 29.9 Å². The van der Waals surface area contributed by atoms with Crippen LogP contribution in [-0.4, -0.2) is 30.9 Å². The quantitative estimate of drug-likeness (QED) is 0.734. The standard InChI is InChI=1S/C17H21N5O2/c1-5-24-13-7-6-12(18-8-13)10-21-11-19-15-14(16(21)23)9-20-22(15)17(2,3)4/h6-9,11H,5,10H2,1-4H3. The Morgan fingerprint density at radius 3 is 2.58 bits per heavy atom. The Hall–Kier alpha value is -2.70. The molecular formula is C17H21N5O2. The largest absolute Gasteiger partial charge is 0.492 e. The first-order valence-corrected chi connectivity index (χ1v) is 7.91. The van der Waals surface area contributed by atoms with Crippen molar-refractivity contribution in [3.05, 3.63) is 46.9 Å². The molecule has 0 atom stereocenters. The molecule has 0 bridgehead atoms. The normalized spacial score (nSPS) is 11.8. The Bertz CT molecular complexity index is 903. The van der Waals surface area contributed by atoms with Gasteiger partial charge in [-0.3, -0.25) is 14.3 Å². The summed E-state index contributed by atoms with van der Waals surface area (Å²) in [4.78, 5) is 21.4. The molecule has 0 unspecified atom stereocenters. The van der Waals surface area contributed by atoms with E-state index in [4.69, 9.17) is 4.74 Å². The third-order valence-corrected chi connectivity index (χ3v) is 3.63. The summed E-state index contributed by atoms with van der Waals surface area (Å²) in [6, 6.07) is 3.70. The van der Waals surface area contributed by atoms with Crippen LogP contribution in [0.25, 0.3) is 11.0 Å². The van der Waals surface area contributed by atoms with Crippen molar-refractivity contribution in [3.63, 3.8) is 0 Å². The lowest BCUT2D eigenvalue weighted by Crippen LogP contribution is -2.25. The van der Waals surface area contributed by atoms with Gasteiger partial charge in [0.1, 0.15) is 17.5 Å². The maximum atomic E-state index is 12.7. The molecule has 24 heavy (non-hydrogen) atoms. The first kappa shape index (κ1) is 16.2. The summed E-state index contributed by atoms with van der Waals surface area (Å²) in [6.45, 7) is 8.95. The summed E-state index contributed by atoms with van der Waals surface area (Å²) >= 11 is 0. The smallest absolute Gasteiger partial charge is 0.264 e. The summed E-state index contributed by atoms with van der Waals surface area (Å²) < 4.78 is 8.68. The van der Waals surface area contributed by atoms with Crippen molar-refractivity contribution < 1.29 is 4.74 Å². The van der Waals surface area contributed by atoms with Gasteiger partial charge < -0.3 is 4.74 Å². The molecule has 0 amide bonds. The van der Waals surface area contributed by atoms with E-state index in [2.05, 4.69) is 15.1 Å². The van der Waals surface area contributed by atoms with Gasteiger partial charge in [-0.2, -0.15) is 5.10 Å². The van der Waals surface area contributed by atoms with Gasteiger partial charge in [0, 0.05) is 0 Å². The zero-order valence-electron chi connectivity index (χ0n) is 14.4. The van der Waals surface area contributed by atoms with Crippen molar-refractivity contribution in [2.45, 2.75) is 39.8 Å². The van der Waals surface area contributed by atoms with Gasteiger partial charge >= 0.3 is 0 Å². The highest BCUT2D eigenvalue weighted by Gasteiger charge is 2.19. The third kappa shape index (κ3) is 3.02. The van der Waals surface area contributed by atoms with Crippen molar-refractivity contribution >= 4 is 11.0 Å². The molecule has 0 aliphatic rings. The lowest BCUT2D eigenvalue weighted by Gasteiger charge is -2.19. The molecule has 0 fully saturated rings. The van der Waals surface area contributed by atoms with Gasteiger partial charge in [-0.1, -0.05) is 0 Å². The predicted octanol–water partition coefficient (Wildman–Crippen LogP) is 2.19. The fourth-order valence-corrected chi connectivity index (χ4v) is 2.48. The second-order valence-electron chi connectivity index (χ2n) is 6.56. The number of rotatable bonds is 4. The van der Waals surface area contributed by atoms with E-state index < -0.39 is 0 Å². The van der Waals surface area contributed by atoms with Crippen LogP contribution in [0.15, 0.2) is 35.6 Å². The second kappa shape index (κ2) is 6.07. The lowest BCUT2D eigenvalue weighted by molar-refractivity contribution is 0.338. The molecule has 126 valence electrons. The highest BCUT2D eigenvalue weighted by molar-refractivity contribution is 5.73. The molecule has 3 aromatic heterocycles. The lowest BCUT2D eigenvalue weighted by atomic mass is 10.1. The number of hydrogen-bond donors (Lipinski definition) is 0. The second-order valence-corrected chi connectivity index (χ2v) is 6.56. The predicted molar refractivity (Wildman–Crippen MR) is 91.3 cm³/mol. The first-order valence-electron chi connectivity index (χ1n) is 7.91. The van der Waals surface area contributed by atoms with Crippen LogP contribution in [0.3, 0.4) is 0 Å². The van der Waals surface area contributed by atoms with Crippen LogP contribution < -0.4 is 10.3 Å². The topological polar surface area (TPSA) is 74.8 Å². The molecule has 0 N–H and O–H groups in total. The van der Waals surface area contributed by atoms with E-state index in [1.807, 2.05) is 39.8 Å². The van der Waals surface area contributed by atoms with Crippen LogP contribution in [0.2, 0.25) is 0 Å². The summed E-state index contributed by atoms with van der Waals surface area (Å²) in [5.41, 5.74) is 1.02. The van der Waals surface area contributed by atoms with Crippen LogP contribution in [-0.2, 0) is 12.1 Å². The van der Waals surface area contributed by atoms with E-state index in [1.165, 1.54) is 0 Å². The fraction of sp³-hybridized carbons (Fsp3) is 0.412. The fourth-order valence-electron chi connectivity index (χ4n) is 2.48. The first-order chi connectivity index (χ1) is 11.4. The number of hydrogen-bond acceptors (Lipinski definition) is 5.